The Morgan fingerprint density at radius 3 is 1.81 bits per heavy atom. The van der Waals surface area contributed by atoms with E-state index in [0.29, 0.717) is 5.04 Å². The van der Waals surface area contributed by atoms with Gasteiger partial charge < -0.3 is 4.43 Å². The van der Waals surface area contributed by atoms with Crippen LogP contribution in [0.15, 0.2) is 0 Å². The minimum Gasteiger partial charge on any atom is -0.417 e. The third kappa shape index (κ3) is 10.5. The van der Waals surface area contributed by atoms with E-state index in [9.17, 15) is 0 Å². The summed E-state index contributed by atoms with van der Waals surface area (Å²) in [4.78, 5) is 0. The zero-order valence-electron chi connectivity index (χ0n) is 16.1. The van der Waals surface area contributed by atoms with Gasteiger partial charge in [-0.2, -0.15) is 0 Å². The van der Waals surface area contributed by atoms with E-state index in [1.165, 1.54) is 57.8 Å². The third-order valence-corrected chi connectivity index (χ3v) is 9.59. The molecule has 21 heavy (non-hydrogen) atoms. The summed E-state index contributed by atoms with van der Waals surface area (Å²) in [6, 6.07) is 0. The average molecular weight is 315 g/mol. The minimum atomic E-state index is -1.54. The van der Waals surface area contributed by atoms with Crippen molar-refractivity contribution in [3.05, 3.63) is 0 Å². The molecule has 0 aromatic heterocycles. The van der Waals surface area contributed by atoms with Crippen molar-refractivity contribution in [3.8, 4) is 0 Å². The number of rotatable bonds is 12. The summed E-state index contributed by atoms with van der Waals surface area (Å²) in [5.74, 6) is 0.721. The van der Waals surface area contributed by atoms with E-state index in [0.717, 1.165) is 12.5 Å². The van der Waals surface area contributed by atoms with Gasteiger partial charge in [-0.3, -0.25) is 0 Å². The molecule has 0 spiro atoms. The molecule has 0 radical (unpaired) electrons. The molecule has 0 rings (SSSR count). The van der Waals surface area contributed by atoms with Crippen molar-refractivity contribution in [2.24, 2.45) is 5.92 Å². The van der Waals surface area contributed by atoms with Crippen LogP contribution in [0, 0.1) is 5.92 Å². The van der Waals surface area contributed by atoms with Crippen LogP contribution in [-0.4, -0.2) is 14.9 Å². The first-order chi connectivity index (χ1) is 9.70. The van der Waals surface area contributed by atoms with Crippen molar-refractivity contribution in [3.63, 3.8) is 0 Å². The molecule has 0 heterocycles. The maximum absolute atomic E-state index is 6.32. The van der Waals surface area contributed by atoms with Crippen LogP contribution in [0.2, 0.25) is 18.1 Å². The van der Waals surface area contributed by atoms with Crippen LogP contribution in [-0.2, 0) is 4.43 Å². The number of unbranched alkanes of at least 4 members (excludes halogenated alkanes) is 7. The summed E-state index contributed by atoms with van der Waals surface area (Å²) in [6.45, 7) is 17.3. The van der Waals surface area contributed by atoms with Crippen molar-refractivity contribution < 1.29 is 4.43 Å². The highest BCUT2D eigenvalue weighted by molar-refractivity contribution is 6.74. The normalized spacial score (nSPS) is 14.4. The molecule has 0 fully saturated rings. The Morgan fingerprint density at radius 1 is 0.857 bits per heavy atom. The van der Waals surface area contributed by atoms with Gasteiger partial charge in [-0.15, -0.1) is 0 Å². The molecule has 1 atom stereocenters. The van der Waals surface area contributed by atoms with E-state index in [4.69, 9.17) is 4.43 Å². The monoisotopic (exact) mass is 314 g/mol. The lowest BCUT2D eigenvalue weighted by Gasteiger charge is -2.37. The maximum atomic E-state index is 6.32. The zero-order valence-corrected chi connectivity index (χ0v) is 17.1. The molecule has 128 valence electrons. The van der Waals surface area contributed by atoms with Gasteiger partial charge in [-0.1, -0.05) is 86.0 Å². The van der Waals surface area contributed by atoms with Crippen LogP contribution < -0.4 is 0 Å². The van der Waals surface area contributed by atoms with Gasteiger partial charge in [-0.25, -0.2) is 0 Å². The van der Waals surface area contributed by atoms with E-state index in [1.54, 1.807) is 0 Å². The van der Waals surface area contributed by atoms with Gasteiger partial charge in [0, 0.05) is 6.61 Å². The second-order valence-electron chi connectivity index (χ2n) is 8.44. The smallest absolute Gasteiger partial charge is 0.191 e. The Labute approximate surface area is 136 Å². The predicted octanol–water partition coefficient (Wildman–Crippen LogP) is 7.18. The zero-order chi connectivity index (χ0) is 16.4. The molecule has 0 bridgehead atoms. The Bertz CT molecular complexity index is 242. The molecule has 0 aromatic rings. The Hall–Kier alpha value is 0.177. The molecule has 0 aliphatic heterocycles. The van der Waals surface area contributed by atoms with E-state index < -0.39 is 8.32 Å². The van der Waals surface area contributed by atoms with Crippen LogP contribution in [0.4, 0.5) is 0 Å². The summed E-state index contributed by atoms with van der Waals surface area (Å²) in [6.07, 6.45) is 12.7. The molecule has 0 aromatic carbocycles. The van der Waals surface area contributed by atoms with E-state index >= 15 is 0 Å². The van der Waals surface area contributed by atoms with Crippen LogP contribution in [0.5, 0.6) is 0 Å². The second kappa shape index (κ2) is 10.8. The molecule has 0 aliphatic rings. The van der Waals surface area contributed by atoms with Crippen molar-refractivity contribution >= 4 is 8.32 Å². The van der Waals surface area contributed by atoms with E-state index in [2.05, 4.69) is 47.7 Å². The predicted molar refractivity (Wildman–Crippen MR) is 99.5 cm³/mol. The highest BCUT2D eigenvalue weighted by Gasteiger charge is 2.37. The van der Waals surface area contributed by atoms with Gasteiger partial charge in [0.1, 0.15) is 0 Å². The summed E-state index contributed by atoms with van der Waals surface area (Å²) in [5.41, 5.74) is 0. The van der Waals surface area contributed by atoms with Gasteiger partial charge in [0.05, 0.1) is 0 Å². The largest absolute Gasteiger partial charge is 0.417 e. The fraction of sp³-hybridized carbons (Fsp3) is 1.00. The molecule has 0 amide bonds. The molecule has 1 nitrogen and oxygen atoms in total. The molecular formula is C19H42OSi. The molecule has 0 saturated heterocycles. The lowest BCUT2D eigenvalue weighted by atomic mass is 10.0. The minimum absolute atomic E-state index is 0.339. The summed E-state index contributed by atoms with van der Waals surface area (Å²) in [7, 11) is -1.54. The maximum Gasteiger partial charge on any atom is 0.191 e. The first-order valence-electron chi connectivity index (χ1n) is 9.34. The Kier molecular flexibility index (Phi) is 10.9. The van der Waals surface area contributed by atoms with Gasteiger partial charge in [0.15, 0.2) is 8.32 Å². The topological polar surface area (TPSA) is 9.23 Å². The lowest BCUT2D eigenvalue weighted by molar-refractivity contribution is 0.228. The Morgan fingerprint density at radius 2 is 1.33 bits per heavy atom. The van der Waals surface area contributed by atoms with Crippen LogP contribution in [0.3, 0.4) is 0 Å². The highest BCUT2D eigenvalue weighted by Crippen LogP contribution is 2.36. The van der Waals surface area contributed by atoms with Gasteiger partial charge in [0.25, 0.3) is 0 Å². The highest BCUT2D eigenvalue weighted by atomic mass is 28.4. The summed E-state index contributed by atoms with van der Waals surface area (Å²) < 4.78 is 6.32. The molecule has 0 N–H and O–H groups in total. The van der Waals surface area contributed by atoms with Crippen LogP contribution in [0.25, 0.3) is 0 Å². The second-order valence-corrected chi connectivity index (χ2v) is 13.2. The van der Waals surface area contributed by atoms with Gasteiger partial charge in [-0.05, 0) is 30.5 Å². The molecule has 2 heteroatoms. The molecule has 0 aliphatic carbocycles. The van der Waals surface area contributed by atoms with Crippen molar-refractivity contribution in [2.45, 2.75) is 111 Å². The number of hydrogen-bond donors (Lipinski definition) is 0. The third-order valence-electron chi connectivity index (χ3n) is 5.09. The van der Waals surface area contributed by atoms with Crippen molar-refractivity contribution in [1.82, 2.24) is 0 Å². The van der Waals surface area contributed by atoms with Gasteiger partial charge in [0.2, 0.25) is 0 Å². The summed E-state index contributed by atoms with van der Waals surface area (Å²) >= 11 is 0. The quantitative estimate of drug-likeness (QED) is 0.274. The van der Waals surface area contributed by atoms with Crippen molar-refractivity contribution in [2.75, 3.05) is 6.61 Å². The Balaban J connectivity index is 3.57. The van der Waals surface area contributed by atoms with Crippen LogP contribution >= 0.6 is 0 Å². The SMILES string of the molecule is CCCCCCCCCC[C@H](C)CO[Si](C)(C)C(C)(C)C. The summed E-state index contributed by atoms with van der Waals surface area (Å²) in [5, 5.41) is 0.339. The fourth-order valence-corrected chi connectivity index (χ4v) is 3.41. The molecule has 0 unspecified atom stereocenters. The van der Waals surface area contributed by atoms with E-state index in [1.807, 2.05) is 0 Å². The van der Waals surface area contributed by atoms with E-state index in [-0.39, 0.29) is 0 Å². The van der Waals surface area contributed by atoms with Crippen molar-refractivity contribution in [1.29, 1.82) is 0 Å². The standard InChI is InChI=1S/C19H42OSi/c1-8-9-10-11-12-13-14-15-16-18(2)17-20-21(6,7)19(3,4)5/h18H,8-17H2,1-7H3/t18-/m0/s1. The van der Waals surface area contributed by atoms with Gasteiger partial charge >= 0.3 is 0 Å². The van der Waals surface area contributed by atoms with Crippen LogP contribution in [0.1, 0.15) is 92.4 Å². The number of hydrogen-bond acceptors (Lipinski definition) is 1. The molecule has 0 saturated carbocycles. The lowest BCUT2D eigenvalue weighted by Crippen LogP contribution is -2.41. The average Bonchev–Trinajstić information content (AvgIpc) is 2.38. The fourth-order valence-electron chi connectivity index (χ4n) is 2.28. The molecular weight excluding hydrogens is 272 g/mol. The first kappa shape index (κ1) is 21.2. The first-order valence-corrected chi connectivity index (χ1v) is 12.3.